The van der Waals surface area contributed by atoms with Gasteiger partial charge in [-0.1, -0.05) is 60.7 Å². The van der Waals surface area contributed by atoms with E-state index in [-0.39, 0.29) is 13.2 Å². The van der Waals surface area contributed by atoms with Crippen molar-refractivity contribution in [3.8, 4) is 0 Å². The second kappa shape index (κ2) is 10.2. The minimum atomic E-state index is -0.752. The molecule has 2 saturated heterocycles. The molecule has 0 aliphatic carbocycles. The highest BCUT2D eigenvalue weighted by molar-refractivity contribution is 5.66. The van der Waals surface area contributed by atoms with E-state index < -0.39 is 48.9 Å². The molecular weight excluding hydrogens is 416 g/mol. The van der Waals surface area contributed by atoms with E-state index in [1.165, 1.54) is 13.8 Å². The molecule has 0 unspecified atom stereocenters. The van der Waals surface area contributed by atoms with Crippen LogP contribution in [0.25, 0.3) is 0 Å². The third-order valence-corrected chi connectivity index (χ3v) is 5.22. The van der Waals surface area contributed by atoms with Gasteiger partial charge in [0.15, 0.2) is 24.8 Å². The van der Waals surface area contributed by atoms with Gasteiger partial charge in [-0.3, -0.25) is 9.59 Å². The van der Waals surface area contributed by atoms with Crippen LogP contribution in [0, 0.1) is 0 Å². The van der Waals surface area contributed by atoms with Crippen LogP contribution in [0.4, 0.5) is 0 Å². The van der Waals surface area contributed by atoms with E-state index in [0.717, 1.165) is 11.1 Å². The van der Waals surface area contributed by atoms with Crippen LogP contribution in [0.15, 0.2) is 60.7 Å². The first-order valence-electron chi connectivity index (χ1n) is 10.5. The summed E-state index contributed by atoms with van der Waals surface area (Å²) < 4.78 is 35.1. The summed E-state index contributed by atoms with van der Waals surface area (Å²) >= 11 is 0. The van der Waals surface area contributed by atoms with E-state index >= 15 is 0 Å². The summed E-state index contributed by atoms with van der Waals surface area (Å²) in [5.74, 6) is -0.942. The van der Waals surface area contributed by atoms with Crippen LogP contribution in [-0.4, -0.2) is 49.6 Å². The fourth-order valence-corrected chi connectivity index (χ4v) is 3.87. The molecule has 0 bridgehead atoms. The zero-order valence-electron chi connectivity index (χ0n) is 17.9. The van der Waals surface area contributed by atoms with Crippen LogP contribution >= 0.6 is 0 Å². The molecule has 2 fully saturated rings. The number of ether oxygens (including phenoxy) is 6. The van der Waals surface area contributed by atoms with Crippen LogP contribution in [-0.2, 0) is 38.0 Å². The van der Waals surface area contributed by atoms with Gasteiger partial charge in [-0.05, 0) is 0 Å². The van der Waals surface area contributed by atoms with Crippen molar-refractivity contribution >= 4 is 11.9 Å². The molecule has 2 aliphatic rings. The van der Waals surface area contributed by atoms with Crippen molar-refractivity contribution in [3.05, 3.63) is 71.8 Å². The monoisotopic (exact) mass is 442 g/mol. The average Bonchev–Trinajstić information content (AvgIpc) is 2.80. The molecule has 0 N–H and O–H groups in total. The van der Waals surface area contributed by atoms with E-state index in [2.05, 4.69) is 0 Å². The van der Waals surface area contributed by atoms with Gasteiger partial charge in [-0.15, -0.1) is 0 Å². The molecule has 8 heteroatoms. The third-order valence-electron chi connectivity index (χ3n) is 5.22. The van der Waals surface area contributed by atoms with Gasteiger partial charge in [0, 0.05) is 25.0 Å². The summed E-state index contributed by atoms with van der Waals surface area (Å²) in [7, 11) is 0. The van der Waals surface area contributed by atoms with Crippen molar-refractivity contribution in [1.29, 1.82) is 0 Å². The second-order valence-electron chi connectivity index (χ2n) is 7.65. The maximum Gasteiger partial charge on any atom is 0.303 e. The molecule has 6 atom stereocenters. The summed E-state index contributed by atoms with van der Waals surface area (Å²) in [6.45, 7) is 2.85. The van der Waals surface area contributed by atoms with Crippen LogP contribution in [0.2, 0.25) is 0 Å². The lowest BCUT2D eigenvalue weighted by atomic mass is 10.00. The Kier molecular flexibility index (Phi) is 7.16. The van der Waals surface area contributed by atoms with Crippen LogP contribution in [0.5, 0.6) is 0 Å². The van der Waals surface area contributed by atoms with E-state index in [9.17, 15) is 9.59 Å². The van der Waals surface area contributed by atoms with Gasteiger partial charge >= 0.3 is 11.9 Å². The molecule has 0 spiro atoms. The maximum atomic E-state index is 11.8. The number of esters is 2. The van der Waals surface area contributed by atoms with Gasteiger partial charge in [0.2, 0.25) is 0 Å². The Bertz CT molecular complexity index is 827. The Morgan fingerprint density at radius 3 is 1.41 bits per heavy atom. The number of benzene rings is 2. The van der Waals surface area contributed by atoms with Gasteiger partial charge in [-0.25, -0.2) is 0 Å². The molecule has 32 heavy (non-hydrogen) atoms. The van der Waals surface area contributed by atoms with Gasteiger partial charge in [-0.2, -0.15) is 0 Å². The predicted molar refractivity (Wildman–Crippen MR) is 111 cm³/mol. The third kappa shape index (κ3) is 5.34. The average molecular weight is 442 g/mol. The lowest BCUT2D eigenvalue weighted by Crippen LogP contribution is -2.57. The quantitative estimate of drug-likeness (QED) is 0.653. The van der Waals surface area contributed by atoms with E-state index in [1.54, 1.807) is 0 Å². The molecule has 170 valence electrons. The normalized spacial score (nSPS) is 30.3. The minimum Gasteiger partial charge on any atom is -0.457 e. The van der Waals surface area contributed by atoms with E-state index in [4.69, 9.17) is 28.4 Å². The van der Waals surface area contributed by atoms with Gasteiger partial charge < -0.3 is 28.4 Å². The largest absolute Gasteiger partial charge is 0.457 e. The summed E-state index contributed by atoms with van der Waals surface area (Å²) in [6.07, 6.45) is -4.37. The second-order valence-corrected chi connectivity index (χ2v) is 7.65. The first-order valence-corrected chi connectivity index (χ1v) is 10.5. The molecule has 4 rings (SSSR count). The van der Waals surface area contributed by atoms with E-state index in [0.29, 0.717) is 0 Å². The lowest BCUT2D eigenvalue weighted by molar-refractivity contribution is -0.333. The number of carbonyl (C=O) groups excluding carboxylic acids is 2. The van der Waals surface area contributed by atoms with Crippen molar-refractivity contribution in [2.45, 2.75) is 50.8 Å². The molecular formula is C24H26O8. The van der Waals surface area contributed by atoms with Crippen molar-refractivity contribution < 1.29 is 38.0 Å². The molecule has 2 aliphatic heterocycles. The Hall–Kier alpha value is -2.78. The predicted octanol–water partition coefficient (Wildman–Crippen LogP) is 3.08. The summed E-state index contributed by atoms with van der Waals surface area (Å²) in [4.78, 5) is 23.5. The summed E-state index contributed by atoms with van der Waals surface area (Å²) in [5, 5.41) is 0. The van der Waals surface area contributed by atoms with Crippen molar-refractivity contribution in [2.75, 3.05) is 13.2 Å². The van der Waals surface area contributed by atoms with Gasteiger partial charge in [0.1, 0.15) is 12.2 Å². The lowest BCUT2D eigenvalue weighted by Gasteiger charge is -2.44. The molecule has 0 aromatic heterocycles. The molecule has 2 aromatic rings. The topological polar surface area (TPSA) is 89.5 Å². The fourth-order valence-electron chi connectivity index (χ4n) is 3.87. The Labute approximate surface area is 186 Å². The zero-order valence-corrected chi connectivity index (χ0v) is 17.9. The zero-order chi connectivity index (χ0) is 22.5. The van der Waals surface area contributed by atoms with E-state index in [1.807, 2.05) is 60.7 Å². The van der Waals surface area contributed by atoms with Crippen LogP contribution in [0.1, 0.15) is 37.6 Å². The molecule has 8 nitrogen and oxygen atoms in total. The molecule has 0 radical (unpaired) electrons. The first-order chi connectivity index (χ1) is 15.5. The number of hydrogen-bond acceptors (Lipinski definition) is 8. The SMILES string of the molecule is CC(=O)O[C@H]1CO[C@@H](c2ccccc2)O[C@@H]1[C@H]1O[C@@H](c2ccccc2)OC[C@H]1OC(C)=O. The highest BCUT2D eigenvalue weighted by Gasteiger charge is 2.48. The smallest absolute Gasteiger partial charge is 0.303 e. The maximum absolute atomic E-state index is 11.8. The summed E-state index contributed by atoms with van der Waals surface area (Å²) in [6, 6.07) is 18.9. The molecule has 0 saturated carbocycles. The van der Waals surface area contributed by atoms with Crippen molar-refractivity contribution in [1.82, 2.24) is 0 Å². The Morgan fingerprint density at radius 2 is 1.06 bits per heavy atom. The summed E-state index contributed by atoms with van der Waals surface area (Å²) in [5.41, 5.74) is 1.63. The standard InChI is InChI=1S/C24H26O8/c1-15(25)29-19-13-27-23(17-9-5-3-6-10-17)31-21(19)22-20(30-16(2)26)14-28-24(32-22)18-11-7-4-8-12-18/h3-12,19-24H,13-14H2,1-2H3/t19-,20+,21-,22-,23+,24-/m0/s1. The van der Waals surface area contributed by atoms with Crippen molar-refractivity contribution in [2.24, 2.45) is 0 Å². The van der Waals surface area contributed by atoms with Crippen LogP contribution in [0.3, 0.4) is 0 Å². The van der Waals surface area contributed by atoms with Gasteiger partial charge in [0.25, 0.3) is 0 Å². The van der Waals surface area contributed by atoms with Crippen molar-refractivity contribution in [3.63, 3.8) is 0 Å². The number of rotatable bonds is 5. The molecule has 2 heterocycles. The molecule has 0 amide bonds. The Morgan fingerprint density at radius 1 is 0.688 bits per heavy atom. The highest BCUT2D eigenvalue weighted by atomic mass is 16.7. The van der Waals surface area contributed by atoms with Gasteiger partial charge in [0.05, 0.1) is 13.2 Å². The molecule has 2 aromatic carbocycles. The Balaban J connectivity index is 1.62. The van der Waals surface area contributed by atoms with Crippen LogP contribution < -0.4 is 0 Å². The number of hydrogen-bond donors (Lipinski definition) is 0. The minimum absolute atomic E-state index is 0.104. The fraction of sp³-hybridized carbons (Fsp3) is 0.417. The first kappa shape index (κ1) is 22.4. The number of carbonyl (C=O) groups is 2. The highest BCUT2D eigenvalue weighted by Crippen LogP contribution is 2.36.